The SMILES string of the molecule is CCCCO[N+](=O)OCCCC.[OH-]. The van der Waals surface area contributed by atoms with Gasteiger partial charge in [-0.15, -0.1) is 0 Å². The highest BCUT2D eigenvalue weighted by Crippen LogP contribution is 1.92. The van der Waals surface area contributed by atoms with Gasteiger partial charge in [0.05, 0.1) is 0 Å². The van der Waals surface area contributed by atoms with Gasteiger partial charge in [0.25, 0.3) is 0 Å². The summed E-state index contributed by atoms with van der Waals surface area (Å²) in [5.41, 5.74) is 0. The zero-order valence-electron chi connectivity index (χ0n) is 8.36. The van der Waals surface area contributed by atoms with E-state index in [1.165, 1.54) is 0 Å². The molecule has 0 radical (unpaired) electrons. The van der Waals surface area contributed by atoms with Gasteiger partial charge in [0, 0.05) is 0 Å². The Hall–Kier alpha value is -0.840. The molecule has 1 N–H and O–H groups in total. The minimum atomic E-state index is 0. The van der Waals surface area contributed by atoms with Crippen molar-refractivity contribution in [3.8, 4) is 0 Å². The van der Waals surface area contributed by atoms with Crippen LogP contribution in [0.3, 0.4) is 0 Å². The van der Waals surface area contributed by atoms with Crippen molar-refractivity contribution in [2.75, 3.05) is 13.2 Å². The largest absolute Gasteiger partial charge is 0.870 e. The highest BCUT2D eigenvalue weighted by Gasteiger charge is 2.09. The lowest BCUT2D eigenvalue weighted by atomic mass is 10.4. The van der Waals surface area contributed by atoms with Crippen LogP contribution in [0.2, 0.25) is 0 Å². The summed E-state index contributed by atoms with van der Waals surface area (Å²) in [5, 5.41) is 0.214. The van der Waals surface area contributed by atoms with Gasteiger partial charge in [-0.25, -0.2) is 0 Å². The van der Waals surface area contributed by atoms with Crippen molar-refractivity contribution in [3.63, 3.8) is 0 Å². The fourth-order valence-electron chi connectivity index (χ4n) is 0.604. The quantitative estimate of drug-likeness (QED) is 0.437. The Morgan fingerprint density at radius 1 is 1.00 bits per heavy atom. The van der Waals surface area contributed by atoms with Gasteiger partial charge in [0.1, 0.15) is 4.91 Å². The lowest BCUT2D eigenvalue weighted by Gasteiger charge is -1.92. The van der Waals surface area contributed by atoms with Crippen LogP contribution in [0.15, 0.2) is 0 Å². The van der Waals surface area contributed by atoms with E-state index in [-0.39, 0.29) is 10.6 Å². The molecule has 0 rings (SSSR count). The third-order valence-corrected chi connectivity index (χ3v) is 1.39. The molecule has 0 amide bonds. The predicted molar refractivity (Wildman–Crippen MR) is 47.3 cm³/mol. The molecule has 0 aliphatic heterocycles. The molecule has 0 heterocycles. The first kappa shape index (κ1) is 14.7. The molecule has 13 heavy (non-hydrogen) atoms. The van der Waals surface area contributed by atoms with Crippen LogP contribution in [0, 0.1) is 4.91 Å². The molecule has 0 spiro atoms. The lowest BCUT2D eigenvalue weighted by molar-refractivity contribution is -0.981. The Morgan fingerprint density at radius 3 is 1.69 bits per heavy atom. The molecule has 0 fully saturated rings. The third-order valence-electron chi connectivity index (χ3n) is 1.39. The summed E-state index contributed by atoms with van der Waals surface area (Å²) in [6.07, 6.45) is 3.80. The Balaban J connectivity index is 0. The minimum absolute atomic E-state index is 0. The van der Waals surface area contributed by atoms with E-state index in [9.17, 15) is 4.91 Å². The Kier molecular flexibility index (Phi) is 12.6. The molecule has 0 unspecified atom stereocenters. The Labute approximate surface area is 78.8 Å². The summed E-state index contributed by atoms with van der Waals surface area (Å²) in [7, 11) is 0. The first-order chi connectivity index (χ1) is 5.81. The van der Waals surface area contributed by atoms with Crippen molar-refractivity contribution in [2.24, 2.45) is 0 Å². The van der Waals surface area contributed by atoms with Gasteiger partial charge in [-0.05, 0) is 12.8 Å². The van der Waals surface area contributed by atoms with E-state index in [1.54, 1.807) is 0 Å². The van der Waals surface area contributed by atoms with Gasteiger partial charge in [-0.2, -0.15) is 9.68 Å². The molecule has 5 nitrogen and oxygen atoms in total. The fraction of sp³-hybridized carbons (Fsp3) is 1.00. The first-order valence-corrected chi connectivity index (χ1v) is 4.54. The van der Waals surface area contributed by atoms with Crippen LogP contribution in [0.4, 0.5) is 0 Å². The maximum absolute atomic E-state index is 10.7. The van der Waals surface area contributed by atoms with Crippen LogP contribution in [-0.4, -0.2) is 23.8 Å². The summed E-state index contributed by atoms with van der Waals surface area (Å²) in [4.78, 5) is 20.0. The topological polar surface area (TPSA) is 68.5 Å². The molecule has 0 atom stereocenters. The van der Waals surface area contributed by atoms with Gasteiger partial charge < -0.3 is 5.48 Å². The molecule has 0 bridgehead atoms. The highest BCUT2D eigenvalue weighted by atomic mass is 17.0. The van der Waals surface area contributed by atoms with Gasteiger partial charge in [0.15, 0.2) is 13.2 Å². The number of unbranched alkanes of at least 4 members (excludes halogenated alkanes) is 2. The number of hydrogen-bond acceptors (Lipinski definition) is 4. The average molecular weight is 193 g/mol. The van der Waals surface area contributed by atoms with Gasteiger partial charge >= 0.3 is 5.09 Å². The maximum atomic E-state index is 10.7. The van der Waals surface area contributed by atoms with E-state index in [1.807, 2.05) is 13.8 Å². The number of nitrogens with zero attached hydrogens (tertiary/aromatic N) is 1. The van der Waals surface area contributed by atoms with E-state index in [0.29, 0.717) is 13.2 Å². The van der Waals surface area contributed by atoms with Crippen molar-refractivity contribution >= 4 is 0 Å². The van der Waals surface area contributed by atoms with Crippen molar-refractivity contribution in [2.45, 2.75) is 39.5 Å². The second-order valence-electron chi connectivity index (χ2n) is 2.60. The minimum Gasteiger partial charge on any atom is -0.870 e. The molecule has 0 aromatic heterocycles. The zero-order chi connectivity index (χ0) is 9.23. The van der Waals surface area contributed by atoms with Crippen molar-refractivity contribution in [1.82, 2.24) is 0 Å². The molecule has 80 valence electrons. The van der Waals surface area contributed by atoms with Crippen LogP contribution in [0.1, 0.15) is 39.5 Å². The third kappa shape index (κ3) is 11.2. The number of hydrogen-bond donors (Lipinski definition) is 0. The molecule has 0 aromatic rings. The fourth-order valence-corrected chi connectivity index (χ4v) is 0.604. The predicted octanol–water partition coefficient (Wildman–Crippen LogP) is 2.05. The normalized spacial score (nSPS) is 8.77. The maximum Gasteiger partial charge on any atom is 0.477 e. The van der Waals surface area contributed by atoms with E-state index >= 15 is 0 Å². The summed E-state index contributed by atoms with van der Waals surface area (Å²) in [5.74, 6) is 0. The Bertz CT molecular complexity index is 107. The summed E-state index contributed by atoms with van der Waals surface area (Å²) in [6, 6.07) is 0. The van der Waals surface area contributed by atoms with E-state index < -0.39 is 0 Å². The zero-order valence-corrected chi connectivity index (χ0v) is 8.36. The average Bonchev–Trinajstić information content (AvgIpc) is 2.06. The van der Waals surface area contributed by atoms with Gasteiger partial charge in [-0.1, -0.05) is 26.7 Å². The molecule has 0 saturated heterocycles. The summed E-state index contributed by atoms with van der Waals surface area (Å²) < 4.78 is 0. The molecule has 0 aliphatic carbocycles. The van der Waals surface area contributed by atoms with Crippen LogP contribution in [0.5, 0.6) is 0 Å². The Morgan fingerprint density at radius 2 is 1.38 bits per heavy atom. The van der Waals surface area contributed by atoms with E-state index in [2.05, 4.69) is 9.68 Å². The van der Waals surface area contributed by atoms with Crippen molar-refractivity contribution in [1.29, 1.82) is 0 Å². The first-order valence-electron chi connectivity index (χ1n) is 4.54. The van der Waals surface area contributed by atoms with Crippen LogP contribution in [-0.2, 0) is 9.68 Å². The number of rotatable bonds is 8. The molecule has 0 aliphatic rings. The second-order valence-corrected chi connectivity index (χ2v) is 2.60. The van der Waals surface area contributed by atoms with Gasteiger partial charge in [-0.3, -0.25) is 0 Å². The van der Waals surface area contributed by atoms with E-state index in [0.717, 1.165) is 25.7 Å². The molecule has 5 heteroatoms. The molecule has 0 aromatic carbocycles. The van der Waals surface area contributed by atoms with Crippen molar-refractivity contribution in [3.05, 3.63) is 4.91 Å². The van der Waals surface area contributed by atoms with E-state index in [4.69, 9.17) is 0 Å². The van der Waals surface area contributed by atoms with Crippen LogP contribution >= 0.6 is 0 Å². The molecule has 0 saturated carbocycles. The monoisotopic (exact) mass is 193 g/mol. The lowest BCUT2D eigenvalue weighted by Crippen LogP contribution is -2.12. The summed E-state index contributed by atoms with van der Waals surface area (Å²) in [6.45, 7) is 4.95. The molecular formula is C8H19NO4. The highest BCUT2D eigenvalue weighted by molar-refractivity contribution is 4.26. The van der Waals surface area contributed by atoms with Crippen molar-refractivity contribution < 1.29 is 20.2 Å². The van der Waals surface area contributed by atoms with Gasteiger partial charge in [0.2, 0.25) is 0 Å². The standard InChI is InChI=1S/C8H18NO3.H2O/c1-3-5-7-11-9(10)12-8-6-4-2;/h3-8H2,1-2H3;1H2/q+1;/p-1. The molecular weight excluding hydrogens is 174 g/mol. The van der Waals surface area contributed by atoms with Crippen LogP contribution < -0.4 is 0 Å². The second kappa shape index (κ2) is 11.2. The smallest absolute Gasteiger partial charge is 0.477 e. The van der Waals surface area contributed by atoms with Crippen LogP contribution in [0.25, 0.3) is 0 Å². The summed E-state index contributed by atoms with van der Waals surface area (Å²) >= 11 is 0.